The minimum Gasteiger partial charge on any atom is -0.393 e. The number of fused-ring (bicyclic) bond motifs is 2. The summed E-state index contributed by atoms with van der Waals surface area (Å²) in [6.07, 6.45) is 6.27. The molecule has 3 fully saturated rings. The predicted molar refractivity (Wildman–Crippen MR) is 59.0 cm³/mol. The first-order valence-corrected chi connectivity index (χ1v) is 6.25. The minimum atomic E-state index is 0.0123. The minimum absolute atomic E-state index is 0.0123. The molecule has 0 aromatic heterocycles. The third-order valence-electron chi connectivity index (χ3n) is 4.97. The summed E-state index contributed by atoms with van der Waals surface area (Å²) in [5.41, 5.74) is 0.525. The van der Waals surface area contributed by atoms with Crippen LogP contribution in [0.25, 0.3) is 0 Å². The molecule has 14 heavy (non-hydrogen) atoms. The van der Waals surface area contributed by atoms with E-state index in [4.69, 9.17) is 0 Å². The normalized spacial score (nSPS) is 44.6. The van der Waals surface area contributed by atoms with Gasteiger partial charge in [0.2, 0.25) is 0 Å². The lowest BCUT2D eigenvalue weighted by atomic mass is 9.44. The van der Waals surface area contributed by atoms with Gasteiger partial charge in [0.05, 0.1) is 6.10 Å². The van der Waals surface area contributed by atoms with Gasteiger partial charge in [0.1, 0.15) is 0 Å². The van der Waals surface area contributed by atoms with Crippen molar-refractivity contribution in [1.29, 1.82) is 0 Å². The maximum atomic E-state index is 10.0. The van der Waals surface area contributed by atoms with Gasteiger partial charge in [0.25, 0.3) is 0 Å². The summed E-state index contributed by atoms with van der Waals surface area (Å²) >= 11 is 0. The zero-order valence-corrected chi connectivity index (χ0v) is 9.79. The summed E-state index contributed by atoms with van der Waals surface area (Å²) in [6, 6.07) is 0. The van der Waals surface area contributed by atoms with Crippen molar-refractivity contribution in [1.82, 2.24) is 0 Å². The Balaban J connectivity index is 2.00. The molecule has 1 N–H and O–H groups in total. The molecule has 3 rings (SSSR count). The Bertz CT molecular complexity index is 209. The molecule has 1 nitrogen and oxygen atoms in total. The highest BCUT2D eigenvalue weighted by atomic mass is 16.3. The lowest BCUT2D eigenvalue weighted by Crippen LogP contribution is -2.57. The van der Waals surface area contributed by atoms with E-state index in [1.807, 2.05) is 0 Å². The summed E-state index contributed by atoms with van der Waals surface area (Å²) < 4.78 is 0. The molecule has 0 heterocycles. The van der Waals surface area contributed by atoms with Crippen LogP contribution in [0.5, 0.6) is 0 Å². The summed E-state index contributed by atoms with van der Waals surface area (Å²) in [5.74, 6) is 2.22. The van der Waals surface area contributed by atoms with E-state index in [1.54, 1.807) is 0 Å². The van der Waals surface area contributed by atoms with Gasteiger partial charge in [-0.15, -0.1) is 0 Å². The first-order chi connectivity index (χ1) is 6.57. The van der Waals surface area contributed by atoms with Gasteiger partial charge in [-0.1, -0.05) is 33.6 Å². The van der Waals surface area contributed by atoms with E-state index in [9.17, 15) is 5.11 Å². The SMILES string of the molecule is CCCCC1C(O)CC2CC1C2(C)C. The Labute approximate surface area is 87.9 Å². The van der Waals surface area contributed by atoms with Crippen LogP contribution in [0.3, 0.4) is 0 Å². The van der Waals surface area contributed by atoms with E-state index in [2.05, 4.69) is 20.8 Å². The lowest BCUT2D eigenvalue weighted by Gasteiger charge is -2.61. The number of hydrogen-bond acceptors (Lipinski definition) is 1. The predicted octanol–water partition coefficient (Wildman–Crippen LogP) is 3.22. The largest absolute Gasteiger partial charge is 0.393 e. The molecule has 82 valence electrons. The summed E-state index contributed by atoms with van der Waals surface area (Å²) in [7, 11) is 0. The molecular formula is C13H24O. The lowest BCUT2D eigenvalue weighted by molar-refractivity contribution is -0.162. The van der Waals surface area contributed by atoms with E-state index < -0.39 is 0 Å². The number of rotatable bonds is 3. The number of unbranched alkanes of at least 4 members (excludes halogenated alkanes) is 1. The molecule has 4 atom stereocenters. The van der Waals surface area contributed by atoms with Gasteiger partial charge in [-0.25, -0.2) is 0 Å². The standard InChI is InChI=1S/C13H24O/c1-4-5-6-10-11-7-9(8-12(10)14)13(11,2)3/h9-12,14H,4-8H2,1-3H3. The fraction of sp³-hybridized carbons (Fsp3) is 1.00. The first kappa shape index (κ1) is 10.5. The highest BCUT2D eigenvalue weighted by molar-refractivity contribution is 5.06. The summed E-state index contributed by atoms with van der Waals surface area (Å²) in [4.78, 5) is 0. The van der Waals surface area contributed by atoms with Crippen molar-refractivity contribution in [2.24, 2.45) is 23.2 Å². The zero-order valence-electron chi connectivity index (χ0n) is 9.79. The second kappa shape index (κ2) is 3.52. The first-order valence-electron chi connectivity index (χ1n) is 6.25. The third kappa shape index (κ3) is 1.41. The van der Waals surface area contributed by atoms with E-state index in [0.29, 0.717) is 11.3 Å². The van der Waals surface area contributed by atoms with Crippen molar-refractivity contribution >= 4 is 0 Å². The van der Waals surface area contributed by atoms with Gasteiger partial charge in [-0.2, -0.15) is 0 Å². The van der Waals surface area contributed by atoms with Gasteiger partial charge in [-0.3, -0.25) is 0 Å². The van der Waals surface area contributed by atoms with Crippen molar-refractivity contribution in [2.75, 3.05) is 0 Å². The van der Waals surface area contributed by atoms with Gasteiger partial charge in [0.15, 0.2) is 0 Å². The molecule has 3 saturated carbocycles. The summed E-state index contributed by atoms with van der Waals surface area (Å²) in [5, 5.41) is 10.0. The monoisotopic (exact) mass is 196 g/mol. The maximum Gasteiger partial charge on any atom is 0.0574 e. The molecule has 3 aliphatic rings. The van der Waals surface area contributed by atoms with Crippen LogP contribution in [-0.4, -0.2) is 11.2 Å². The smallest absolute Gasteiger partial charge is 0.0574 e. The van der Waals surface area contributed by atoms with Gasteiger partial charge in [-0.05, 0) is 42.4 Å². The van der Waals surface area contributed by atoms with Crippen molar-refractivity contribution in [3.8, 4) is 0 Å². The average Bonchev–Trinajstić information content (AvgIpc) is 2.15. The highest BCUT2D eigenvalue weighted by Crippen LogP contribution is 2.62. The van der Waals surface area contributed by atoms with Crippen molar-refractivity contribution in [3.63, 3.8) is 0 Å². The molecule has 0 radical (unpaired) electrons. The molecular weight excluding hydrogens is 172 g/mol. The molecule has 0 spiro atoms. The quantitative estimate of drug-likeness (QED) is 0.735. The van der Waals surface area contributed by atoms with E-state index in [1.165, 1.54) is 25.7 Å². The van der Waals surface area contributed by atoms with Gasteiger partial charge < -0.3 is 5.11 Å². The average molecular weight is 196 g/mol. The molecule has 0 aromatic carbocycles. The Morgan fingerprint density at radius 1 is 1.29 bits per heavy atom. The fourth-order valence-corrected chi connectivity index (χ4v) is 3.75. The van der Waals surface area contributed by atoms with Crippen molar-refractivity contribution in [2.45, 2.75) is 59.0 Å². The van der Waals surface area contributed by atoms with Crippen LogP contribution < -0.4 is 0 Å². The molecule has 1 heteroatoms. The molecule has 0 aliphatic heterocycles. The molecule has 0 aromatic rings. The maximum absolute atomic E-state index is 10.0. The summed E-state index contributed by atoms with van der Waals surface area (Å²) in [6.45, 7) is 7.04. The Kier molecular flexibility index (Phi) is 2.63. The van der Waals surface area contributed by atoms with Crippen molar-refractivity contribution < 1.29 is 5.11 Å². The fourth-order valence-electron chi connectivity index (χ4n) is 3.75. The third-order valence-corrected chi connectivity index (χ3v) is 4.97. The van der Waals surface area contributed by atoms with E-state index in [-0.39, 0.29) is 6.10 Å². The topological polar surface area (TPSA) is 20.2 Å². The van der Waals surface area contributed by atoms with Gasteiger partial charge >= 0.3 is 0 Å². The van der Waals surface area contributed by atoms with E-state index >= 15 is 0 Å². The van der Waals surface area contributed by atoms with Crippen LogP contribution >= 0.6 is 0 Å². The molecule has 0 saturated heterocycles. The van der Waals surface area contributed by atoms with Crippen LogP contribution in [0.2, 0.25) is 0 Å². The van der Waals surface area contributed by atoms with Crippen molar-refractivity contribution in [3.05, 3.63) is 0 Å². The Morgan fingerprint density at radius 2 is 2.00 bits per heavy atom. The Morgan fingerprint density at radius 3 is 2.57 bits per heavy atom. The number of aliphatic hydroxyl groups is 1. The number of aliphatic hydroxyl groups excluding tert-OH is 1. The number of hydrogen-bond donors (Lipinski definition) is 1. The van der Waals surface area contributed by atoms with Gasteiger partial charge in [0, 0.05) is 0 Å². The second-order valence-electron chi connectivity index (χ2n) is 5.97. The highest BCUT2D eigenvalue weighted by Gasteiger charge is 2.56. The van der Waals surface area contributed by atoms with Crippen LogP contribution in [0.1, 0.15) is 52.9 Å². The molecule has 0 amide bonds. The molecule has 2 bridgehead atoms. The van der Waals surface area contributed by atoms with Crippen LogP contribution in [0.15, 0.2) is 0 Å². The van der Waals surface area contributed by atoms with E-state index in [0.717, 1.165) is 18.3 Å². The second-order valence-corrected chi connectivity index (χ2v) is 5.97. The molecule has 4 unspecified atom stereocenters. The van der Waals surface area contributed by atoms with Crippen LogP contribution in [0.4, 0.5) is 0 Å². The molecule has 3 aliphatic carbocycles. The zero-order chi connectivity index (χ0) is 10.3. The Hall–Kier alpha value is -0.0400. The van der Waals surface area contributed by atoms with Crippen LogP contribution in [-0.2, 0) is 0 Å². The van der Waals surface area contributed by atoms with Crippen LogP contribution in [0, 0.1) is 23.2 Å².